The Kier molecular flexibility index (Phi) is 5.62. The van der Waals surface area contributed by atoms with E-state index in [2.05, 4.69) is 24.0 Å². The molecule has 1 saturated heterocycles. The lowest BCUT2D eigenvalue weighted by Gasteiger charge is -2.44. The molecular formula is C17H28N2O2. The highest BCUT2D eigenvalue weighted by atomic mass is 16.5. The highest BCUT2D eigenvalue weighted by molar-refractivity contribution is 5.34. The van der Waals surface area contributed by atoms with E-state index < -0.39 is 0 Å². The lowest BCUT2D eigenvalue weighted by Crippen LogP contribution is -2.56. The van der Waals surface area contributed by atoms with Gasteiger partial charge >= 0.3 is 0 Å². The number of hydrogen-bond donors (Lipinski definition) is 1. The summed E-state index contributed by atoms with van der Waals surface area (Å²) in [6.45, 7) is 4.98. The molecule has 21 heavy (non-hydrogen) atoms. The van der Waals surface area contributed by atoms with Gasteiger partial charge in [0.25, 0.3) is 0 Å². The van der Waals surface area contributed by atoms with E-state index in [1.807, 2.05) is 12.1 Å². The Balaban J connectivity index is 2.10. The first-order valence-electron chi connectivity index (χ1n) is 7.73. The van der Waals surface area contributed by atoms with Gasteiger partial charge in [-0.2, -0.15) is 0 Å². The predicted octanol–water partition coefficient (Wildman–Crippen LogP) is 2.07. The molecule has 118 valence electrons. The van der Waals surface area contributed by atoms with Crippen molar-refractivity contribution in [3.05, 3.63) is 29.8 Å². The topological polar surface area (TPSA) is 47.7 Å². The smallest absolute Gasteiger partial charge is 0.122 e. The molecule has 4 heteroatoms. The summed E-state index contributed by atoms with van der Waals surface area (Å²) >= 11 is 0. The zero-order chi connectivity index (χ0) is 15.3. The minimum atomic E-state index is -0.0344. The first-order chi connectivity index (χ1) is 10.1. The van der Waals surface area contributed by atoms with E-state index >= 15 is 0 Å². The number of para-hydroxylation sites is 1. The lowest BCUT2D eigenvalue weighted by atomic mass is 9.88. The molecule has 1 aromatic rings. The van der Waals surface area contributed by atoms with Crippen LogP contribution in [0.25, 0.3) is 0 Å². The van der Waals surface area contributed by atoms with E-state index in [4.69, 9.17) is 15.2 Å². The molecule has 0 radical (unpaired) electrons. The minimum Gasteiger partial charge on any atom is -0.496 e. The Hall–Kier alpha value is -1.10. The van der Waals surface area contributed by atoms with Crippen LogP contribution in [0.2, 0.25) is 0 Å². The maximum Gasteiger partial charge on any atom is 0.122 e. The molecule has 1 aliphatic rings. The number of likely N-dealkylation sites (tertiary alicyclic amines) is 1. The molecule has 2 N–H and O–H groups in total. The third-order valence-electron chi connectivity index (χ3n) is 4.74. The van der Waals surface area contributed by atoms with E-state index in [0.29, 0.717) is 12.6 Å². The Bertz CT molecular complexity index is 444. The van der Waals surface area contributed by atoms with E-state index in [1.54, 1.807) is 14.2 Å². The summed E-state index contributed by atoms with van der Waals surface area (Å²) in [7, 11) is 3.53. The maximum atomic E-state index is 6.13. The van der Waals surface area contributed by atoms with E-state index in [1.165, 1.54) is 5.56 Å². The lowest BCUT2D eigenvalue weighted by molar-refractivity contribution is 0.00348. The molecule has 0 bridgehead atoms. The zero-order valence-electron chi connectivity index (χ0n) is 13.5. The summed E-state index contributed by atoms with van der Waals surface area (Å²) in [6, 6.07) is 8.22. The van der Waals surface area contributed by atoms with Crippen LogP contribution in [0.1, 0.15) is 25.3 Å². The summed E-state index contributed by atoms with van der Waals surface area (Å²) in [5.74, 6) is 0.948. The molecule has 1 atom stereocenters. The van der Waals surface area contributed by atoms with Gasteiger partial charge in [0.2, 0.25) is 0 Å². The van der Waals surface area contributed by atoms with Crippen LogP contribution < -0.4 is 10.5 Å². The van der Waals surface area contributed by atoms with Gasteiger partial charge in [0.1, 0.15) is 5.75 Å². The molecule has 2 rings (SSSR count). The van der Waals surface area contributed by atoms with E-state index in [9.17, 15) is 0 Å². The zero-order valence-corrected chi connectivity index (χ0v) is 13.5. The number of nitrogens with zero attached hydrogens (tertiary/aromatic N) is 1. The Morgan fingerprint density at radius 1 is 1.24 bits per heavy atom. The molecule has 0 saturated carbocycles. The normalized spacial score (nSPS) is 20.2. The van der Waals surface area contributed by atoms with Crippen LogP contribution in [-0.4, -0.2) is 50.4 Å². The van der Waals surface area contributed by atoms with Crippen molar-refractivity contribution in [3.63, 3.8) is 0 Å². The fraction of sp³-hybridized carbons (Fsp3) is 0.647. The van der Waals surface area contributed by atoms with Crippen molar-refractivity contribution >= 4 is 0 Å². The van der Waals surface area contributed by atoms with Crippen molar-refractivity contribution in [2.75, 3.05) is 33.9 Å². The van der Waals surface area contributed by atoms with Gasteiger partial charge < -0.3 is 15.2 Å². The molecule has 4 nitrogen and oxygen atoms in total. The highest BCUT2D eigenvalue weighted by Crippen LogP contribution is 2.28. The second-order valence-corrected chi connectivity index (χ2v) is 6.11. The predicted molar refractivity (Wildman–Crippen MR) is 85.8 cm³/mol. The van der Waals surface area contributed by atoms with Crippen LogP contribution in [-0.2, 0) is 11.2 Å². The van der Waals surface area contributed by atoms with Crippen LogP contribution in [0.5, 0.6) is 5.75 Å². The summed E-state index contributed by atoms with van der Waals surface area (Å²) in [5, 5.41) is 0. The van der Waals surface area contributed by atoms with Crippen LogP contribution >= 0.6 is 0 Å². The fourth-order valence-electron chi connectivity index (χ4n) is 3.20. The van der Waals surface area contributed by atoms with Crippen molar-refractivity contribution < 1.29 is 9.47 Å². The Morgan fingerprint density at radius 3 is 2.48 bits per heavy atom. The van der Waals surface area contributed by atoms with Gasteiger partial charge in [0, 0.05) is 32.3 Å². The molecule has 0 spiro atoms. The number of nitrogens with two attached hydrogens (primary N) is 1. The first-order valence-corrected chi connectivity index (χ1v) is 7.73. The number of ether oxygens (including phenoxy) is 2. The van der Waals surface area contributed by atoms with Crippen molar-refractivity contribution in [3.8, 4) is 5.75 Å². The van der Waals surface area contributed by atoms with E-state index in [-0.39, 0.29) is 5.54 Å². The Morgan fingerprint density at radius 2 is 1.90 bits per heavy atom. The molecular weight excluding hydrogens is 264 g/mol. The summed E-state index contributed by atoms with van der Waals surface area (Å²) < 4.78 is 10.9. The van der Waals surface area contributed by atoms with Crippen LogP contribution in [0.3, 0.4) is 0 Å². The van der Waals surface area contributed by atoms with Crippen LogP contribution in [0, 0.1) is 0 Å². The van der Waals surface area contributed by atoms with Gasteiger partial charge in [0.05, 0.1) is 13.2 Å². The third-order valence-corrected chi connectivity index (χ3v) is 4.74. The molecule has 0 amide bonds. The quantitative estimate of drug-likeness (QED) is 0.872. The molecule has 1 aromatic carbocycles. The van der Waals surface area contributed by atoms with Crippen molar-refractivity contribution in [2.45, 2.75) is 37.8 Å². The van der Waals surface area contributed by atoms with Crippen molar-refractivity contribution in [1.82, 2.24) is 4.90 Å². The van der Waals surface area contributed by atoms with Crippen molar-refractivity contribution in [2.24, 2.45) is 5.73 Å². The first kappa shape index (κ1) is 16.3. The van der Waals surface area contributed by atoms with Gasteiger partial charge in [-0.3, -0.25) is 4.90 Å². The number of methoxy groups -OCH3 is 2. The van der Waals surface area contributed by atoms with Crippen LogP contribution in [0.15, 0.2) is 24.3 Å². The average molecular weight is 292 g/mol. The summed E-state index contributed by atoms with van der Waals surface area (Å²) in [4.78, 5) is 2.51. The molecule has 1 heterocycles. The van der Waals surface area contributed by atoms with Gasteiger partial charge in [-0.25, -0.2) is 0 Å². The van der Waals surface area contributed by atoms with Crippen molar-refractivity contribution in [1.29, 1.82) is 0 Å². The monoisotopic (exact) mass is 292 g/mol. The largest absolute Gasteiger partial charge is 0.496 e. The van der Waals surface area contributed by atoms with Gasteiger partial charge in [-0.1, -0.05) is 18.2 Å². The number of rotatable bonds is 6. The van der Waals surface area contributed by atoms with Gasteiger partial charge in [-0.15, -0.1) is 0 Å². The SMILES string of the molecule is COc1ccccc1CC(C)(CN)N1CCC(OC)CC1. The van der Waals surface area contributed by atoms with Gasteiger partial charge in [-0.05, 0) is 37.8 Å². The highest BCUT2D eigenvalue weighted by Gasteiger charge is 2.34. The number of hydrogen-bond acceptors (Lipinski definition) is 4. The molecule has 1 fully saturated rings. The average Bonchev–Trinajstić information content (AvgIpc) is 2.55. The summed E-state index contributed by atoms with van der Waals surface area (Å²) in [5.41, 5.74) is 7.32. The third kappa shape index (κ3) is 3.76. The van der Waals surface area contributed by atoms with Crippen LogP contribution in [0.4, 0.5) is 0 Å². The maximum absolute atomic E-state index is 6.13. The second kappa shape index (κ2) is 7.25. The molecule has 0 aromatic heterocycles. The summed E-state index contributed by atoms with van der Waals surface area (Å²) in [6.07, 6.45) is 3.47. The van der Waals surface area contributed by atoms with E-state index in [0.717, 1.165) is 38.1 Å². The molecule has 1 aliphatic heterocycles. The Labute approximate surface area is 128 Å². The minimum absolute atomic E-state index is 0.0344. The fourth-order valence-corrected chi connectivity index (χ4v) is 3.20. The number of piperidine rings is 1. The number of benzene rings is 1. The standard InChI is InChI=1S/C17H28N2O2/c1-17(13-18,19-10-8-15(20-2)9-11-19)12-14-6-4-5-7-16(14)21-3/h4-7,15H,8-13,18H2,1-3H3. The molecule has 1 unspecified atom stereocenters. The second-order valence-electron chi connectivity index (χ2n) is 6.11. The van der Waals surface area contributed by atoms with Gasteiger partial charge in [0.15, 0.2) is 0 Å². The molecule has 0 aliphatic carbocycles.